The number of para-hydroxylation sites is 1. The molecule has 0 bridgehead atoms. The molecular formula is C17H13ClFN5S. The number of halogens is 2. The topological polar surface area (TPSA) is 61.9 Å². The van der Waals surface area contributed by atoms with Gasteiger partial charge in [0.1, 0.15) is 5.82 Å². The number of hydrogen-bond acceptors (Lipinski definition) is 4. The molecule has 0 saturated carbocycles. The molecule has 0 fully saturated rings. The van der Waals surface area contributed by atoms with Gasteiger partial charge in [-0.05, 0) is 60.7 Å². The van der Waals surface area contributed by atoms with Crippen molar-refractivity contribution >= 4 is 51.8 Å². The number of benzene rings is 2. The van der Waals surface area contributed by atoms with Gasteiger partial charge in [0.05, 0.1) is 5.69 Å². The Morgan fingerprint density at radius 2 is 1.60 bits per heavy atom. The van der Waals surface area contributed by atoms with E-state index in [9.17, 15) is 4.39 Å². The molecule has 0 aliphatic carbocycles. The Kier molecular flexibility index (Phi) is 5.37. The Hall–Kier alpha value is -2.77. The van der Waals surface area contributed by atoms with Crippen molar-refractivity contribution in [1.29, 1.82) is 0 Å². The lowest BCUT2D eigenvalue weighted by atomic mass is 10.2. The minimum absolute atomic E-state index is 0.300. The van der Waals surface area contributed by atoms with Gasteiger partial charge in [-0.15, -0.1) is 10.2 Å². The Balaban J connectivity index is 1.59. The minimum atomic E-state index is -0.365. The number of rotatable bonds is 4. The van der Waals surface area contributed by atoms with Crippen molar-refractivity contribution in [1.82, 2.24) is 10.2 Å². The van der Waals surface area contributed by atoms with Crippen molar-refractivity contribution in [2.24, 2.45) is 0 Å². The second kappa shape index (κ2) is 7.87. The smallest absolute Gasteiger partial charge is 0.175 e. The summed E-state index contributed by atoms with van der Waals surface area (Å²) in [6, 6.07) is 17.1. The first kappa shape index (κ1) is 17.1. The molecule has 0 unspecified atom stereocenters. The average molecular weight is 374 g/mol. The fourth-order valence-electron chi connectivity index (χ4n) is 2.01. The maximum absolute atomic E-state index is 13.6. The average Bonchev–Trinajstić information content (AvgIpc) is 2.61. The lowest BCUT2D eigenvalue weighted by Gasteiger charge is -2.12. The SMILES string of the molecule is Fc1ccccc1NC(=S)Nc1ccc(Nc2ccc(Cl)nn2)cc1. The Morgan fingerprint density at radius 1 is 0.880 bits per heavy atom. The predicted molar refractivity (Wildman–Crippen MR) is 103 cm³/mol. The van der Waals surface area contributed by atoms with Crippen molar-refractivity contribution < 1.29 is 4.39 Å². The van der Waals surface area contributed by atoms with Crippen LogP contribution in [0.15, 0.2) is 60.7 Å². The van der Waals surface area contributed by atoms with Crippen LogP contribution in [0.5, 0.6) is 0 Å². The summed E-state index contributed by atoms with van der Waals surface area (Å²) in [5.41, 5.74) is 1.91. The largest absolute Gasteiger partial charge is 0.339 e. The van der Waals surface area contributed by atoms with Gasteiger partial charge in [-0.25, -0.2) is 4.39 Å². The molecule has 3 rings (SSSR count). The van der Waals surface area contributed by atoms with Gasteiger partial charge >= 0.3 is 0 Å². The van der Waals surface area contributed by atoms with Gasteiger partial charge in [0.2, 0.25) is 0 Å². The maximum Gasteiger partial charge on any atom is 0.175 e. The van der Waals surface area contributed by atoms with Crippen LogP contribution >= 0.6 is 23.8 Å². The van der Waals surface area contributed by atoms with Crippen LogP contribution in [-0.2, 0) is 0 Å². The van der Waals surface area contributed by atoms with E-state index in [0.717, 1.165) is 11.4 Å². The molecule has 0 atom stereocenters. The standard InChI is InChI=1S/C17H13ClFN5S/c18-15-9-10-16(24-23-15)20-11-5-7-12(8-6-11)21-17(25)22-14-4-2-1-3-13(14)19/h1-10H,(H,20,24)(H2,21,22,25). The third-order valence-electron chi connectivity index (χ3n) is 3.17. The van der Waals surface area contributed by atoms with E-state index in [1.807, 2.05) is 24.3 Å². The van der Waals surface area contributed by atoms with E-state index in [1.165, 1.54) is 6.07 Å². The van der Waals surface area contributed by atoms with Crippen LogP contribution in [0.3, 0.4) is 0 Å². The van der Waals surface area contributed by atoms with Gasteiger partial charge in [-0.3, -0.25) is 0 Å². The van der Waals surface area contributed by atoms with E-state index in [4.69, 9.17) is 23.8 Å². The van der Waals surface area contributed by atoms with E-state index in [-0.39, 0.29) is 5.82 Å². The molecule has 8 heteroatoms. The molecule has 0 saturated heterocycles. The number of nitrogens with zero attached hydrogens (tertiary/aromatic N) is 2. The van der Waals surface area contributed by atoms with Crippen molar-refractivity contribution in [3.63, 3.8) is 0 Å². The van der Waals surface area contributed by atoms with E-state index in [0.29, 0.717) is 21.8 Å². The van der Waals surface area contributed by atoms with Crippen molar-refractivity contribution in [3.8, 4) is 0 Å². The summed E-state index contributed by atoms with van der Waals surface area (Å²) in [5.74, 6) is 0.220. The Labute approximate surface area is 154 Å². The molecule has 2 aromatic carbocycles. The maximum atomic E-state index is 13.6. The fourth-order valence-corrected chi connectivity index (χ4v) is 2.34. The summed E-state index contributed by atoms with van der Waals surface area (Å²) in [7, 11) is 0. The number of anilines is 4. The normalized spacial score (nSPS) is 10.2. The van der Waals surface area contributed by atoms with Crippen LogP contribution in [0.25, 0.3) is 0 Å². The summed E-state index contributed by atoms with van der Waals surface area (Å²) in [6.45, 7) is 0. The van der Waals surface area contributed by atoms with E-state index in [1.54, 1.807) is 30.3 Å². The van der Waals surface area contributed by atoms with Crippen LogP contribution in [0.4, 0.5) is 27.3 Å². The van der Waals surface area contributed by atoms with Gasteiger partial charge in [0.25, 0.3) is 0 Å². The van der Waals surface area contributed by atoms with Crippen LogP contribution in [0.2, 0.25) is 5.15 Å². The molecule has 25 heavy (non-hydrogen) atoms. The summed E-state index contributed by atoms with van der Waals surface area (Å²) < 4.78 is 13.6. The highest BCUT2D eigenvalue weighted by molar-refractivity contribution is 7.80. The van der Waals surface area contributed by atoms with Crippen LogP contribution < -0.4 is 16.0 Å². The number of nitrogens with one attached hydrogen (secondary N) is 3. The zero-order valence-corrected chi connectivity index (χ0v) is 14.4. The Bertz CT molecular complexity index is 871. The number of thiocarbonyl (C=S) groups is 1. The van der Waals surface area contributed by atoms with E-state index >= 15 is 0 Å². The third-order valence-corrected chi connectivity index (χ3v) is 3.57. The van der Waals surface area contributed by atoms with Gasteiger partial charge < -0.3 is 16.0 Å². The molecule has 3 aromatic rings. The van der Waals surface area contributed by atoms with E-state index < -0.39 is 0 Å². The zero-order valence-electron chi connectivity index (χ0n) is 12.8. The molecule has 126 valence electrons. The zero-order chi connectivity index (χ0) is 17.6. The van der Waals surface area contributed by atoms with Crippen molar-refractivity contribution in [2.45, 2.75) is 0 Å². The summed E-state index contributed by atoms with van der Waals surface area (Å²) >= 11 is 10.9. The molecule has 0 radical (unpaired) electrons. The van der Waals surface area contributed by atoms with Gasteiger partial charge in [-0.1, -0.05) is 23.7 Å². The van der Waals surface area contributed by atoms with Gasteiger partial charge in [-0.2, -0.15) is 0 Å². The summed E-state index contributed by atoms with van der Waals surface area (Å²) in [4.78, 5) is 0. The summed E-state index contributed by atoms with van der Waals surface area (Å²) in [5, 5.41) is 17.2. The first-order chi connectivity index (χ1) is 12.1. The Morgan fingerprint density at radius 3 is 2.28 bits per heavy atom. The minimum Gasteiger partial charge on any atom is -0.339 e. The van der Waals surface area contributed by atoms with Gasteiger partial charge in [0.15, 0.2) is 16.1 Å². The van der Waals surface area contributed by atoms with Crippen LogP contribution in [-0.4, -0.2) is 15.3 Å². The van der Waals surface area contributed by atoms with Crippen molar-refractivity contribution in [2.75, 3.05) is 16.0 Å². The van der Waals surface area contributed by atoms with Gasteiger partial charge in [0, 0.05) is 11.4 Å². The molecular weight excluding hydrogens is 361 g/mol. The van der Waals surface area contributed by atoms with Crippen LogP contribution in [0, 0.1) is 5.82 Å². The molecule has 0 amide bonds. The molecule has 5 nitrogen and oxygen atoms in total. The lowest BCUT2D eigenvalue weighted by molar-refractivity contribution is 0.632. The molecule has 1 aromatic heterocycles. The first-order valence-corrected chi connectivity index (χ1v) is 8.07. The molecule has 0 spiro atoms. The second-order valence-electron chi connectivity index (χ2n) is 5.00. The molecule has 3 N–H and O–H groups in total. The molecule has 0 aliphatic heterocycles. The summed E-state index contributed by atoms with van der Waals surface area (Å²) in [6.07, 6.45) is 0. The quantitative estimate of drug-likeness (QED) is 0.570. The lowest BCUT2D eigenvalue weighted by Crippen LogP contribution is -2.19. The van der Waals surface area contributed by atoms with E-state index in [2.05, 4.69) is 26.1 Å². The third kappa shape index (κ3) is 4.85. The first-order valence-electron chi connectivity index (χ1n) is 7.29. The predicted octanol–water partition coefficient (Wildman–Crippen LogP) is 4.82. The molecule has 1 heterocycles. The number of aromatic nitrogens is 2. The second-order valence-corrected chi connectivity index (χ2v) is 5.80. The van der Waals surface area contributed by atoms with Crippen LogP contribution in [0.1, 0.15) is 0 Å². The monoisotopic (exact) mass is 373 g/mol. The van der Waals surface area contributed by atoms with Crippen molar-refractivity contribution in [3.05, 3.63) is 71.6 Å². The number of hydrogen-bond donors (Lipinski definition) is 3. The molecule has 0 aliphatic rings. The highest BCUT2D eigenvalue weighted by atomic mass is 35.5. The highest BCUT2D eigenvalue weighted by Crippen LogP contribution is 2.18. The highest BCUT2D eigenvalue weighted by Gasteiger charge is 2.04. The fraction of sp³-hybridized carbons (Fsp3) is 0.